The summed E-state index contributed by atoms with van der Waals surface area (Å²) in [6, 6.07) is 15.9. The monoisotopic (exact) mass is 624 g/mol. The summed E-state index contributed by atoms with van der Waals surface area (Å²) in [5, 5.41) is 10.9. The van der Waals surface area contributed by atoms with Crippen LogP contribution in [0.2, 0.25) is 10.0 Å². The number of hydrogen-bond acceptors (Lipinski definition) is 4. The first-order valence-corrected chi connectivity index (χ1v) is 15.5. The molecule has 2 heterocycles. The van der Waals surface area contributed by atoms with Gasteiger partial charge >= 0.3 is 5.97 Å². The molecule has 3 aromatic carbocycles. The number of nitrogens with zero attached hydrogens (tertiary/aromatic N) is 2. The van der Waals surface area contributed by atoms with Gasteiger partial charge in [-0.3, -0.25) is 9.69 Å². The van der Waals surface area contributed by atoms with E-state index in [-0.39, 0.29) is 22.8 Å². The van der Waals surface area contributed by atoms with Gasteiger partial charge in [-0.2, -0.15) is 0 Å². The molecule has 2 saturated heterocycles. The van der Waals surface area contributed by atoms with E-state index in [9.17, 15) is 14.7 Å². The fourth-order valence-electron chi connectivity index (χ4n) is 6.55. The molecule has 2 atom stereocenters. The number of carbonyl (C=O) groups excluding carboxylic acids is 1. The van der Waals surface area contributed by atoms with Crippen LogP contribution in [0.15, 0.2) is 54.6 Å². The Labute approximate surface area is 261 Å². The van der Waals surface area contributed by atoms with Gasteiger partial charge in [-0.25, -0.2) is 9.18 Å². The molecule has 1 saturated carbocycles. The molecule has 9 heteroatoms. The molecule has 0 spiro atoms. The Morgan fingerprint density at radius 3 is 2.30 bits per heavy atom. The van der Waals surface area contributed by atoms with E-state index in [1.807, 2.05) is 19.1 Å². The summed E-state index contributed by atoms with van der Waals surface area (Å²) in [4.78, 5) is 28.7. The van der Waals surface area contributed by atoms with Crippen molar-refractivity contribution in [3.63, 3.8) is 0 Å². The minimum Gasteiger partial charge on any atom is -0.493 e. The molecule has 3 aliphatic rings. The van der Waals surface area contributed by atoms with Crippen LogP contribution in [-0.4, -0.2) is 59.1 Å². The maximum atomic E-state index is 15.3. The Hall–Kier alpha value is -3.13. The summed E-state index contributed by atoms with van der Waals surface area (Å²) in [5.74, 6) is -1.75. The van der Waals surface area contributed by atoms with Crippen LogP contribution in [0.25, 0.3) is 11.1 Å². The van der Waals surface area contributed by atoms with Gasteiger partial charge in [0, 0.05) is 47.7 Å². The minimum absolute atomic E-state index is 0.0693. The molecular weight excluding hydrogens is 590 g/mol. The van der Waals surface area contributed by atoms with Crippen molar-refractivity contribution in [3.05, 3.63) is 87.2 Å². The van der Waals surface area contributed by atoms with Crippen LogP contribution < -0.4 is 4.74 Å². The van der Waals surface area contributed by atoms with Crippen molar-refractivity contribution in [2.75, 3.05) is 26.2 Å². The smallest absolute Gasteiger partial charge is 0.326 e. The van der Waals surface area contributed by atoms with Crippen LogP contribution >= 0.6 is 23.2 Å². The van der Waals surface area contributed by atoms with Crippen LogP contribution in [0, 0.1) is 17.2 Å². The Morgan fingerprint density at radius 1 is 1.00 bits per heavy atom. The number of hydrogen-bond donors (Lipinski definition) is 1. The van der Waals surface area contributed by atoms with E-state index in [1.54, 1.807) is 12.1 Å². The number of amides is 1. The number of likely N-dealkylation sites (tertiary alicyclic amines) is 2. The first-order chi connectivity index (χ1) is 20.5. The minimum atomic E-state index is -1.05. The average Bonchev–Trinajstić information content (AvgIpc) is 3.71. The lowest BCUT2D eigenvalue weighted by atomic mass is 9.82. The molecule has 0 unspecified atom stereocenters. The van der Waals surface area contributed by atoms with Crippen LogP contribution in [0.4, 0.5) is 4.39 Å². The van der Waals surface area contributed by atoms with Gasteiger partial charge in [0.1, 0.15) is 17.6 Å². The number of carboxylic acid groups (broad SMARTS) is 1. The van der Waals surface area contributed by atoms with Crippen molar-refractivity contribution in [2.24, 2.45) is 11.3 Å². The molecule has 0 radical (unpaired) electrons. The molecular formula is C34H35Cl2FN2O4. The summed E-state index contributed by atoms with van der Waals surface area (Å²) in [7, 11) is 0. The SMILES string of the molecule is C[C@H]1CCN(C(=O)c2cc(C3CC3)c(OCC3(C)CN(Cc4ccc(-c5cc(Cl)cc(Cl)c5)cc4)C3)cc2F)[C@@H]1C(=O)O. The third-order valence-corrected chi connectivity index (χ3v) is 9.34. The molecule has 2 aliphatic heterocycles. The molecule has 226 valence electrons. The normalized spacial score (nSPS) is 21.5. The molecule has 0 aromatic heterocycles. The van der Waals surface area contributed by atoms with E-state index < -0.39 is 23.7 Å². The van der Waals surface area contributed by atoms with Gasteiger partial charge in [0.2, 0.25) is 0 Å². The number of halogens is 3. The first-order valence-electron chi connectivity index (χ1n) is 14.8. The maximum Gasteiger partial charge on any atom is 0.326 e. The van der Waals surface area contributed by atoms with Gasteiger partial charge < -0.3 is 14.7 Å². The standard InChI is InChI=1S/C34H35Cl2FN2O4/c1-20-9-10-39(31(20)33(41)42)32(40)28-14-27(23-7-8-23)30(15-29(28)37)43-19-34(2)17-38(18-34)16-21-3-5-22(6-4-21)24-11-25(35)13-26(36)12-24/h3-6,11-15,20,23,31H,7-10,16-19H2,1-2H3,(H,41,42)/t20-,31-/m0/s1. The summed E-state index contributed by atoms with van der Waals surface area (Å²) in [5.41, 5.74) is 3.93. The summed E-state index contributed by atoms with van der Waals surface area (Å²) < 4.78 is 21.6. The molecule has 43 heavy (non-hydrogen) atoms. The van der Waals surface area contributed by atoms with Crippen LogP contribution in [0.5, 0.6) is 5.75 Å². The van der Waals surface area contributed by atoms with Crippen LogP contribution in [0.1, 0.15) is 60.5 Å². The van der Waals surface area contributed by atoms with E-state index in [0.717, 1.165) is 49.2 Å². The zero-order chi connectivity index (χ0) is 30.5. The van der Waals surface area contributed by atoms with Crippen LogP contribution in [0.3, 0.4) is 0 Å². The average molecular weight is 626 g/mol. The number of aliphatic carboxylic acids is 1. The number of ether oxygens (including phenoxy) is 1. The Kier molecular flexibility index (Phi) is 8.18. The van der Waals surface area contributed by atoms with Crippen molar-refractivity contribution in [1.29, 1.82) is 0 Å². The fourth-order valence-corrected chi connectivity index (χ4v) is 7.08. The van der Waals surface area contributed by atoms with E-state index in [1.165, 1.54) is 16.5 Å². The van der Waals surface area contributed by atoms with Gasteiger partial charge in [0.05, 0.1) is 12.2 Å². The third kappa shape index (κ3) is 6.40. The Morgan fingerprint density at radius 2 is 1.67 bits per heavy atom. The predicted octanol–water partition coefficient (Wildman–Crippen LogP) is 7.51. The highest BCUT2D eigenvalue weighted by Crippen LogP contribution is 2.46. The summed E-state index contributed by atoms with van der Waals surface area (Å²) in [6.07, 6.45) is 2.50. The number of carbonyl (C=O) groups is 2. The lowest BCUT2D eigenvalue weighted by Gasteiger charge is -2.48. The predicted molar refractivity (Wildman–Crippen MR) is 165 cm³/mol. The second kappa shape index (κ2) is 11.8. The van der Waals surface area contributed by atoms with Gasteiger partial charge in [0.25, 0.3) is 5.91 Å². The topological polar surface area (TPSA) is 70.1 Å². The van der Waals surface area contributed by atoms with Crippen LogP contribution in [-0.2, 0) is 11.3 Å². The molecule has 6 rings (SSSR count). The van der Waals surface area contributed by atoms with Gasteiger partial charge in [0.15, 0.2) is 0 Å². The van der Waals surface area contributed by atoms with E-state index >= 15 is 4.39 Å². The highest BCUT2D eigenvalue weighted by atomic mass is 35.5. The highest BCUT2D eigenvalue weighted by molar-refractivity contribution is 6.35. The number of carboxylic acids is 1. The van der Waals surface area contributed by atoms with Crippen molar-refractivity contribution < 1.29 is 23.8 Å². The zero-order valence-electron chi connectivity index (χ0n) is 24.3. The lowest BCUT2D eigenvalue weighted by molar-refractivity contribution is -0.142. The number of benzene rings is 3. The van der Waals surface area contributed by atoms with Crippen molar-refractivity contribution in [1.82, 2.24) is 9.80 Å². The van der Waals surface area contributed by atoms with Crippen molar-refractivity contribution >= 4 is 35.1 Å². The van der Waals surface area contributed by atoms with E-state index in [0.29, 0.717) is 35.4 Å². The molecule has 1 N–H and O–H groups in total. The van der Waals surface area contributed by atoms with Gasteiger partial charge in [-0.05, 0) is 77.6 Å². The molecule has 1 aliphatic carbocycles. The van der Waals surface area contributed by atoms with E-state index in [2.05, 4.69) is 36.1 Å². The van der Waals surface area contributed by atoms with Gasteiger partial charge in [-0.1, -0.05) is 61.3 Å². The second-order valence-electron chi connectivity index (χ2n) is 12.8. The third-order valence-electron chi connectivity index (χ3n) is 8.90. The first kappa shape index (κ1) is 29.9. The second-order valence-corrected chi connectivity index (χ2v) is 13.7. The van der Waals surface area contributed by atoms with Crippen molar-refractivity contribution in [2.45, 2.75) is 51.6 Å². The highest BCUT2D eigenvalue weighted by Gasteiger charge is 2.42. The maximum absolute atomic E-state index is 15.3. The molecule has 0 bridgehead atoms. The molecule has 3 aromatic rings. The largest absolute Gasteiger partial charge is 0.493 e. The zero-order valence-corrected chi connectivity index (χ0v) is 25.8. The Balaban J connectivity index is 1.08. The Bertz CT molecular complexity index is 1530. The van der Waals surface area contributed by atoms with E-state index in [4.69, 9.17) is 27.9 Å². The quantitative estimate of drug-likeness (QED) is 0.267. The molecule has 3 fully saturated rings. The lowest BCUT2D eigenvalue weighted by Crippen LogP contribution is -2.56. The fraction of sp³-hybridized carbons (Fsp3) is 0.412. The molecule has 6 nitrogen and oxygen atoms in total. The number of rotatable bonds is 9. The van der Waals surface area contributed by atoms with Gasteiger partial charge in [-0.15, -0.1) is 0 Å². The summed E-state index contributed by atoms with van der Waals surface area (Å²) >= 11 is 12.3. The van der Waals surface area contributed by atoms with Crippen molar-refractivity contribution in [3.8, 4) is 16.9 Å². The summed E-state index contributed by atoms with van der Waals surface area (Å²) in [6.45, 7) is 7.24. The molecule has 1 amide bonds.